The second-order valence-electron chi connectivity index (χ2n) is 3.22. The Morgan fingerprint density at radius 2 is 2.47 bits per heavy atom. The number of pyridine rings is 1. The van der Waals surface area contributed by atoms with E-state index < -0.39 is 6.04 Å². The summed E-state index contributed by atoms with van der Waals surface area (Å²) in [6, 6.07) is 3.13. The van der Waals surface area contributed by atoms with E-state index in [-0.39, 0.29) is 5.91 Å². The van der Waals surface area contributed by atoms with Gasteiger partial charge in [-0.3, -0.25) is 4.79 Å². The van der Waals surface area contributed by atoms with Crippen LogP contribution in [-0.2, 0) is 4.79 Å². The Bertz CT molecular complexity index is 343. The lowest BCUT2D eigenvalue weighted by atomic mass is 10.2. The van der Waals surface area contributed by atoms with E-state index in [2.05, 4.69) is 26.2 Å². The SMILES string of the molecule is CCC[C@H](N)C(=O)Nc1ncccc1Br. The first-order valence-corrected chi connectivity index (χ1v) is 5.61. The summed E-state index contributed by atoms with van der Waals surface area (Å²) in [4.78, 5) is 15.6. The highest BCUT2D eigenvalue weighted by Crippen LogP contribution is 2.18. The molecule has 0 saturated carbocycles. The second kappa shape index (κ2) is 5.82. The van der Waals surface area contributed by atoms with E-state index in [1.54, 1.807) is 12.3 Å². The molecule has 0 fully saturated rings. The Balaban J connectivity index is 2.62. The highest BCUT2D eigenvalue weighted by atomic mass is 79.9. The van der Waals surface area contributed by atoms with E-state index in [0.29, 0.717) is 12.2 Å². The van der Waals surface area contributed by atoms with Gasteiger partial charge in [-0.15, -0.1) is 0 Å². The number of nitrogens with one attached hydrogen (secondary N) is 1. The Hall–Kier alpha value is -0.940. The number of hydrogen-bond acceptors (Lipinski definition) is 3. The van der Waals surface area contributed by atoms with Crippen molar-refractivity contribution in [3.63, 3.8) is 0 Å². The molecule has 0 saturated heterocycles. The highest BCUT2D eigenvalue weighted by Gasteiger charge is 2.13. The molecule has 5 heteroatoms. The first-order valence-electron chi connectivity index (χ1n) is 4.82. The Morgan fingerprint density at radius 1 is 1.73 bits per heavy atom. The van der Waals surface area contributed by atoms with Crippen LogP contribution in [0.1, 0.15) is 19.8 Å². The quantitative estimate of drug-likeness (QED) is 0.879. The number of halogens is 1. The molecule has 0 aliphatic carbocycles. The number of hydrogen-bond donors (Lipinski definition) is 2. The standard InChI is InChI=1S/C10H14BrN3O/c1-2-4-8(12)10(15)14-9-7(11)5-3-6-13-9/h3,5-6,8H,2,4,12H2,1H3,(H,13,14,15)/t8-/m0/s1. The number of nitrogens with two attached hydrogens (primary N) is 1. The normalized spacial score (nSPS) is 12.2. The lowest BCUT2D eigenvalue weighted by Crippen LogP contribution is -2.35. The maximum Gasteiger partial charge on any atom is 0.242 e. The van der Waals surface area contributed by atoms with E-state index in [1.165, 1.54) is 0 Å². The van der Waals surface area contributed by atoms with Crippen LogP contribution in [0, 0.1) is 0 Å². The summed E-state index contributed by atoms with van der Waals surface area (Å²) in [6.45, 7) is 1.99. The minimum atomic E-state index is -0.469. The molecular formula is C10H14BrN3O. The maximum atomic E-state index is 11.6. The van der Waals surface area contributed by atoms with E-state index in [1.807, 2.05) is 13.0 Å². The molecule has 0 bridgehead atoms. The van der Waals surface area contributed by atoms with Crippen LogP contribution in [0.3, 0.4) is 0 Å². The third-order valence-corrected chi connectivity index (χ3v) is 2.58. The number of nitrogens with zero attached hydrogens (tertiary/aromatic N) is 1. The number of aromatic nitrogens is 1. The van der Waals surface area contributed by atoms with Gasteiger partial charge in [0.15, 0.2) is 0 Å². The smallest absolute Gasteiger partial charge is 0.242 e. The zero-order valence-electron chi connectivity index (χ0n) is 8.53. The number of amides is 1. The second-order valence-corrected chi connectivity index (χ2v) is 4.07. The van der Waals surface area contributed by atoms with Gasteiger partial charge in [-0.1, -0.05) is 13.3 Å². The number of carbonyl (C=O) groups is 1. The van der Waals surface area contributed by atoms with Crippen molar-refractivity contribution < 1.29 is 4.79 Å². The van der Waals surface area contributed by atoms with Crippen molar-refractivity contribution in [2.75, 3.05) is 5.32 Å². The average molecular weight is 272 g/mol. The van der Waals surface area contributed by atoms with Crippen LogP contribution >= 0.6 is 15.9 Å². The van der Waals surface area contributed by atoms with Crippen molar-refractivity contribution in [3.8, 4) is 0 Å². The summed E-state index contributed by atoms with van der Waals surface area (Å²) in [5.41, 5.74) is 5.67. The van der Waals surface area contributed by atoms with Gasteiger partial charge >= 0.3 is 0 Å². The van der Waals surface area contributed by atoms with Gasteiger partial charge in [0, 0.05) is 6.20 Å². The van der Waals surface area contributed by atoms with E-state index in [0.717, 1.165) is 10.9 Å². The molecule has 0 spiro atoms. The molecule has 0 unspecified atom stereocenters. The van der Waals surface area contributed by atoms with Crippen LogP contribution in [0.4, 0.5) is 5.82 Å². The van der Waals surface area contributed by atoms with Crippen LogP contribution in [0.5, 0.6) is 0 Å². The highest BCUT2D eigenvalue weighted by molar-refractivity contribution is 9.10. The van der Waals surface area contributed by atoms with Crippen molar-refractivity contribution in [1.29, 1.82) is 0 Å². The zero-order valence-corrected chi connectivity index (χ0v) is 10.1. The molecule has 1 rings (SSSR count). The predicted octanol–water partition coefficient (Wildman–Crippen LogP) is 1.91. The van der Waals surface area contributed by atoms with Gasteiger partial charge in [0.2, 0.25) is 5.91 Å². The van der Waals surface area contributed by atoms with Crippen LogP contribution in [0.2, 0.25) is 0 Å². The largest absolute Gasteiger partial charge is 0.320 e. The maximum absolute atomic E-state index is 11.6. The van der Waals surface area contributed by atoms with E-state index in [9.17, 15) is 4.79 Å². The molecule has 1 atom stereocenters. The number of carbonyl (C=O) groups excluding carboxylic acids is 1. The van der Waals surface area contributed by atoms with Gasteiger partial charge in [0.25, 0.3) is 0 Å². The Labute approximate surface area is 97.4 Å². The fourth-order valence-corrected chi connectivity index (χ4v) is 1.48. The summed E-state index contributed by atoms with van der Waals surface area (Å²) in [7, 11) is 0. The molecule has 1 aromatic heterocycles. The van der Waals surface area contributed by atoms with Crippen LogP contribution < -0.4 is 11.1 Å². The van der Waals surface area contributed by atoms with Gasteiger partial charge in [-0.2, -0.15) is 0 Å². The lowest BCUT2D eigenvalue weighted by molar-refractivity contribution is -0.117. The van der Waals surface area contributed by atoms with Crippen molar-refractivity contribution >= 4 is 27.7 Å². The van der Waals surface area contributed by atoms with Crippen LogP contribution in [-0.4, -0.2) is 16.9 Å². The van der Waals surface area contributed by atoms with Gasteiger partial charge in [-0.05, 0) is 34.5 Å². The first-order chi connectivity index (χ1) is 7.15. The molecule has 4 nitrogen and oxygen atoms in total. The zero-order chi connectivity index (χ0) is 11.3. The van der Waals surface area contributed by atoms with Gasteiger partial charge < -0.3 is 11.1 Å². The molecular weight excluding hydrogens is 258 g/mol. The number of rotatable bonds is 4. The Kier molecular flexibility index (Phi) is 4.71. The molecule has 1 aromatic rings. The molecule has 0 aliphatic rings. The first kappa shape index (κ1) is 12.1. The fourth-order valence-electron chi connectivity index (χ4n) is 1.13. The third kappa shape index (κ3) is 3.60. The molecule has 1 heterocycles. The summed E-state index contributed by atoms with van der Waals surface area (Å²) < 4.78 is 0.752. The average Bonchev–Trinajstić information content (AvgIpc) is 2.21. The monoisotopic (exact) mass is 271 g/mol. The van der Waals surface area contributed by atoms with Crippen molar-refractivity contribution in [3.05, 3.63) is 22.8 Å². The minimum absolute atomic E-state index is 0.198. The van der Waals surface area contributed by atoms with Gasteiger partial charge in [-0.25, -0.2) is 4.98 Å². The minimum Gasteiger partial charge on any atom is -0.320 e. The summed E-state index contributed by atoms with van der Waals surface area (Å²) >= 11 is 3.29. The third-order valence-electron chi connectivity index (χ3n) is 1.94. The molecule has 0 aromatic carbocycles. The number of anilines is 1. The van der Waals surface area contributed by atoms with E-state index >= 15 is 0 Å². The van der Waals surface area contributed by atoms with Gasteiger partial charge in [0.1, 0.15) is 5.82 Å². The van der Waals surface area contributed by atoms with Crippen LogP contribution in [0.15, 0.2) is 22.8 Å². The van der Waals surface area contributed by atoms with E-state index in [4.69, 9.17) is 5.73 Å². The summed E-state index contributed by atoms with van der Waals surface area (Å²) in [6.07, 6.45) is 3.18. The molecule has 0 aliphatic heterocycles. The molecule has 82 valence electrons. The fraction of sp³-hybridized carbons (Fsp3) is 0.400. The van der Waals surface area contributed by atoms with Crippen LogP contribution in [0.25, 0.3) is 0 Å². The lowest BCUT2D eigenvalue weighted by Gasteiger charge is -2.11. The molecule has 1 amide bonds. The van der Waals surface area contributed by atoms with Gasteiger partial charge in [0.05, 0.1) is 10.5 Å². The van der Waals surface area contributed by atoms with Crippen molar-refractivity contribution in [2.45, 2.75) is 25.8 Å². The molecule has 15 heavy (non-hydrogen) atoms. The topological polar surface area (TPSA) is 68.0 Å². The summed E-state index contributed by atoms with van der Waals surface area (Å²) in [5, 5.41) is 2.67. The van der Waals surface area contributed by atoms with Crippen molar-refractivity contribution in [1.82, 2.24) is 4.98 Å². The summed E-state index contributed by atoms with van der Waals surface area (Å²) in [5.74, 6) is 0.310. The van der Waals surface area contributed by atoms with Crippen molar-refractivity contribution in [2.24, 2.45) is 5.73 Å². The predicted molar refractivity (Wildman–Crippen MR) is 63.5 cm³/mol. The Morgan fingerprint density at radius 3 is 3.07 bits per heavy atom. The molecule has 3 N–H and O–H groups in total. The molecule has 0 radical (unpaired) electrons.